The summed E-state index contributed by atoms with van der Waals surface area (Å²) >= 11 is 3.58. The number of hydrogen-bond donors (Lipinski definition) is 1. The van der Waals surface area contributed by atoms with E-state index in [1.54, 1.807) is 0 Å². The second-order valence-corrected chi connectivity index (χ2v) is 28.2. The van der Waals surface area contributed by atoms with Crippen molar-refractivity contribution >= 4 is 146 Å². The van der Waals surface area contributed by atoms with E-state index in [2.05, 4.69) is 423 Å². The van der Waals surface area contributed by atoms with Crippen molar-refractivity contribution in [3.05, 3.63) is 393 Å². The molecule has 0 aliphatic rings. The number of halogens is 1. The van der Waals surface area contributed by atoms with Gasteiger partial charge in [-0.05, 0) is 195 Å². The number of benzene rings is 18. The lowest BCUT2D eigenvalue weighted by atomic mass is 9.92. The Morgan fingerprint density at radius 3 is 1.06 bits per heavy atom. The Morgan fingerprint density at radius 2 is 0.543 bits per heavy atom. The molecule has 5 heteroatoms. The fourth-order valence-electron chi connectivity index (χ4n) is 16.6. The van der Waals surface area contributed by atoms with Crippen LogP contribution in [-0.2, 0) is 0 Å². The van der Waals surface area contributed by atoms with Gasteiger partial charge in [0.1, 0.15) is 0 Å². The van der Waals surface area contributed by atoms with Gasteiger partial charge in [-0.3, -0.25) is 0 Å². The molecule has 0 saturated heterocycles. The zero-order valence-electron chi connectivity index (χ0n) is 57.2. The second kappa shape index (κ2) is 25.6. The van der Waals surface area contributed by atoms with Crippen LogP contribution in [0.25, 0.3) is 192 Å². The predicted octanol–water partition coefficient (Wildman–Crippen LogP) is 28.0. The van der Waals surface area contributed by atoms with E-state index in [4.69, 9.17) is 0 Å². The maximum atomic E-state index is 3.65. The van der Waals surface area contributed by atoms with Crippen molar-refractivity contribution < 1.29 is 0 Å². The SMILES string of the molecule is Brc1cccc(-c2ccc3c4ccccc4c4ccccc4c3c2)c1.c1ccc(-c2cc3c(ccc4c5ccccc5n(-c5cccc(-c6ccc7c8ccccc8c8ccccc8c7c6)c5)c43)n2-c2ccccc2)cc1.c1ccc(-c2cc3c4[nH]c5ccccc5c4ccc3n2-c2ccccc2)cc1. The molecule has 0 spiro atoms. The fraction of sp³-hybridized carbons (Fsp3) is 0. The minimum absolute atomic E-state index is 1.11. The van der Waals surface area contributed by atoms with Crippen LogP contribution in [0.2, 0.25) is 0 Å². The largest absolute Gasteiger partial charge is 0.354 e. The van der Waals surface area contributed by atoms with Gasteiger partial charge in [0.15, 0.2) is 0 Å². The van der Waals surface area contributed by atoms with Crippen LogP contribution in [0.3, 0.4) is 0 Å². The van der Waals surface area contributed by atoms with Gasteiger partial charge in [0.2, 0.25) is 0 Å². The molecular formula is C100H65BrN4. The van der Waals surface area contributed by atoms with Gasteiger partial charge in [-0.1, -0.05) is 307 Å². The molecule has 18 aromatic carbocycles. The lowest BCUT2D eigenvalue weighted by Crippen LogP contribution is -1.97. The van der Waals surface area contributed by atoms with Crippen LogP contribution in [0.5, 0.6) is 0 Å². The summed E-state index contributed by atoms with van der Waals surface area (Å²) in [5, 5.41) is 23.2. The highest BCUT2D eigenvalue weighted by molar-refractivity contribution is 9.10. The summed E-state index contributed by atoms with van der Waals surface area (Å²) in [6, 6.07) is 140. The van der Waals surface area contributed by atoms with Gasteiger partial charge in [0.25, 0.3) is 0 Å². The monoisotopic (exact) mass is 1400 g/mol. The van der Waals surface area contributed by atoms with Gasteiger partial charge in [0, 0.05) is 59.4 Å². The Morgan fingerprint density at radius 1 is 0.190 bits per heavy atom. The Balaban J connectivity index is 0.000000116. The van der Waals surface area contributed by atoms with E-state index in [-0.39, 0.29) is 0 Å². The van der Waals surface area contributed by atoms with Crippen LogP contribution < -0.4 is 0 Å². The highest BCUT2D eigenvalue weighted by Gasteiger charge is 2.22. The third-order valence-corrected chi connectivity index (χ3v) is 21.8. The van der Waals surface area contributed by atoms with Crippen molar-refractivity contribution in [3.63, 3.8) is 0 Å². The molecule has 22 aromatic rings. The van der Waals surface area contributed by atoms with Crippen LogP contribution in [0.15, 0.2) is 393 Å². The molecule has 0 bridgehead atoms. The lowest BCUT2D eigenvalue weighted by molar-refractivity contribution is 1.13. The topological polar surface area (TPSA) is 30.6 Å². The van der Waals surface area contributed by atoms with Gasteiger partial charge in [0.05, 0.1) is 39.0 Å². The first-order valence-electron chi connectivity index (χ1n) is 35.9. The molecule has 0 unspecified atom stereocenters. The number of rotatable bonds is 7. The summed E-state index contributed by atoms with van der Waals surface area (Å²) in [4.78, 5) is 3.65. The van der Waals surface area contributed by atoms with Gasteiger partial charge < -0.3 is 18.7 Å². The molecule has 0 fully saturated rings. The van der Waals surface area contributed by atoms with Crippen LogP contribution in [-0.4, -0.2) is 18.7 Å². The van der Waals surface area contributed by atoms with Crippen LogP contribution >= 0.6 is 15.9 Å². The first-order chi connectivity index (χ1) is 52.0. The van der Waals surface area contributed by atoms with E-state index in [0.29, 0.717) is 0 Å². The van der Waals surface area contributed by atoms with Gasteiger partial charge in [-0.2, -0.15) is 0 Å². The van der Waals surface area contributed by atoms with Crippen molar-refractivity contribution in [1.29, 1.82) is 0 Å². The zero-order chi connectivity index (χ0) is 69.5. The van der Waals surface area contributed by atoms with Crippen LogP contribution in [0.4, 0.5) is 0 Å². The van der Waals surface area contributed by atoms with Crippen LogP contribution in [0, 0.1) is 0 Å². The molecule has 0 aliphatic heterocycles. The van der Waals surface area contributed by atoms with E-state index in [0.717, 1.165) is 15.8 Å². The summed E-state index contributed by atoms with van der Waals surface area (Å²) < 4.78 is 8.35. The van der Waals surface area contributed by atoms with E-state index in [1.807, 2.05) is 0 Å². The Labute approximate surface area is 614 Å². The third kappa shape index (κ3) is 10.5. The van der Waals surface area contributed by atoms with E-state index in [9.17, 15) is 0 Å². The van der Waals surface area contributed by atoms with E-state index in [1.165, 1.54) is 181 Å². The van der Waals surface area contributed by atoms with E-state index >= 15 is 0 Å². The number of fused-ring (bicyclic) bond motifs is 22. The summed E-state index contributed by atoms with van der Waals surface area (Å²) in [6.07, 6.45) is 0. The molecule has 0 saturated carbocycles. The molecule has 0 amide bonds. The number of para-hydroxylation sites is 4. The molecule has 0 aliphatic carbocycles. The van der Waals surface area contributed by atoms with E-state index < -0.39 is 0 Å². The normalized spacial score (nSPS) is 11.7. The fourth-order valence-corrected chi connectivity index (χ4v) is 17.0. The standard InChI is InChI=1S/C50H32N2.C26H18N2.C24H15Br/c1-3-14-33(15-4-1)49-32-46-48(51(49)36-17-5-2-6-18-36)29-28-44-43-24-11-12-25-47(43)52(50(44)46)37-19-13-16-34(30-37)35-26-27-42-40-22-8-7-20-38(40)39-21-9-10-23-41(39)45(42)31-35;1-3-9-18(10-4-1)25-17-22-24(28(25)19-11-5-2-6-12-19)16-15-21-20-13-7-8-14-23(20)27-26(21)22;25-18-7-5-6-16(14-18)17-12-13-23-21-10-2-1-8-19(21)20-9-3-4-11-22(20)24(23)15-17/h1-32H;1-17,27H;1-15H. The highest BCUT2D eigenvalue weighted by Crippen LogP contribution is 2.45. The summed E-state index contributed by atoms with van der Waals surface area (Å²) in [7, 11) is 0. The van der Waals surface area contributed by atoms with Gasteiger partial charge in [-0.15, -0.1) is 0 Å². The predicted molar refractivity (Wildman–Crippen MR) is 451 cm³/mol. The molecular weight excluding hydrogens is 1340 g/mol. The number of hydrogen-bond acceptors (Lipinski definition) is 0. The minimum atomic E-state index is 1.11. The first-order valence-corrected chi connectivity index (χ1v) is 36.7. The minimum Gasteiger partial charge on any atom is -0.354 e. The second-order valence-electron chi connectivity index (χ2n) is 27.2. The molecule has 4 heterocycles. The molecule has 22 rings (SSSR count). The molecule has 4 nitrogen and oxygen atoms in total. The lowest BCUT2D eigenvalue weighted by Gasteiger charge is -2.14. The Hall–Kier alpha value is -13.3. The number of aromatic amines is 1. The zero-order valence-corrected chi connectivity index (χ0v) is 58.8. The number of nitrogens with zero attached hydrogens (tertiary/aromatic N) is 3. The number of H-pyrrole nitrogens is 1. The summed E-state index contributed by atoms with van der Waals surface area (Å²) in [5.41, 5.74) is 20.3. The third-order valence-electron chi connectivity index (χ3n) is 21.3. The maximum absolute atomic E-state index is 3.65. The highest BCUT2D eigenvalue weighted by atomic mass is 79.9. The Bertz CT molecular complexity index is 7070. The van der Waals surface area contributed by atoms with Crippen LogP contribution in [0.1, 0.15) is 0 Å². The van der Waals surface area contributed by atoms with Crippen molar-refractivity contribution in [2.24, 2.45) is 0 Å². The first kappa shape index (κ1) is 61.5. The van der Waals surface area contributed by atoms with Crippen molar-refractivity contribution in [2.45, 2.75) is 0 Å². The van der Waals surface area contributed by atoms with Crippen molar-refractivity contribution in [2.75, 3.05) is 0 Å². The van der Waals surface area contributed by atoms with Gasteiger partial charge in [-0.25, -0.2) is 0 Å². The van der Waals surface area contributed by atoms with Crippen molar-refractivity contribution in [3.8, 4) is 61.8 Å². The smallest absolute Gasteiger partial charge is 0.0635 e. The molecule has 4 aromatic heterocycles. The molecule has 0 radical (unpaired) electrons. The Kier molecular flexibility index (Phi) is 15.0. The maximum Gasteiger partial charge on any atom is 0.0635 e. The molecule has 0 atom stereocenters. The van der Waals surface area contributed by atoms with Gasteiger partial charge >= 0.3 is 0 Å². The summed E-state index contributed by atoms with van der Waals surface area (Å²) in [5.74, 6) is 0. The summed E-state index contributed by atoms with van der Waals surface area (Å²) in [6.45, 7) is 0. The van der Waals surface area contributed by atoms with Crippen molar-refractivity contribution in [1.82, 2.24) is 18.7 Å². The number of nitrogens with one attached hydrogen (secondary N) is 1. The average Bonchev–Trinajstić information content (AvgIpc) is 1.59. The molecule has 105 heavy (non-hydrogen) atoms. The number of aromatic nitrogens is 4. The quantitative estimate of drug-likeness (QED) is 0.154. The molecule has 492 valence electrons. The molecule has 1 N–H and O–H groups in total. The average molecular weight is 1400 g/mol.